The molecule has 0 N–H and O–H groups in total. The van der Waals surface area contributed by atoms with Crippen molar-refractivity contribution in [2.75, 3.05) is 0 Å². The fourth-order valence-corrected chi connectivity index (χ4v) is 3.03. The van der Waals surface area contributed by atoms with E-state index in [0.29, 0.717) is 22.3 Å². The summed E-state index contributed by atoms with van der Waals surface area (Å²) < 4.78 is 27.7. The van der Waals surface area contributed by atoms with E-state index in [4.69, 9.17) is 0 Å². The Bertz CT molecular complexity index is 804. The standard InChI is InChI=1S/C22H19F2/c1-13-8-19(9-14(2)21(13)23)17-6-5-7-18(12-17)20-10-15(3)22(24)16(4)11-20/h6-12H,1-4H3. The van der Waals surface area contributed by atoms with Crippen LogP contribution in [0, 0.1) is 45.4 Å². The SMILES string of the molecule is Cc1cc(-c2c[c]cc(-c3cc(C)c(F)c(C)c3)c2)cc(C)c1F. The third kappa shape index (κ3) is 2.96. The van der Waals surface area contributed by atoms with E-state index in [9.17, 15) is 8.78 Å². The minimum Gasteiger partial charge on any atom is -0.206 e. The van der Waals surface area contributed by atoms with Gasteiger partial charge in [-0.2, -0.15) is 0 Å². The molecular formula is C22H19F2. The van der Waals surface area contributed by atoms with Crippen LogP contribution in [-0.4, -0.2) is 0 Å². The van der Waals surface area contributed by atoms with E-state index in [1.54, 1.807) is 27.7 Å². The fourth-order valence-electron chi connectivity index (χ4n) is 3.03. The predicted molar refractivity (Wildman–Crippen MR) is 95.0 cm³/mol. The van der Waals surface area contributed by atoms with Gasteiger partial charge in [0.2, 0.25) is 0 Å². The highest BCUT2D eigenvalue weighted by atomic mass is 19.1. The molecular weight excluding hydrogens is 302 g/mol. The quantitative estimate of drug-likeness (QED) is 0.517. The van der Waals surface area contributed by atoms with Gasteiger partial charge in [0.1, 0.15) is 11.6 Å². The number of rotatable bonds is 2. The number of benzene rings is 3. The molecule has 0 aliphatic heterocycles. The van der Waals surface area contributed by atoms with Crippen molar-refractivity contribution >= 4 is 0 Å². The Morgan fingerprint density at radius 2 is 0.875 bits per heavy atom. The van der Waals surface area contributed by atoms with Gasteiger partial charge in [0.25, 0.3) is 0 Å². The molecule has 0 aliphatic rings. The maximum atomic E-state index is 13.9. The van der Waals surface area contributed by atoms with Crippen molar-refractivity contribution in [1.82, 2.24) is 0 Å². The van der Waals surface area contributed by atoms with Crippen LogP contribution in [0.25, 0.3) is 22.3 Å². The second kappa shape index (κ2) is 6.20. The molecule has 0 saturated heterocycles. The molecule has 24 heavy (non-hydrogen) atoms. The highest BCUT2D eigenvalue weighted by molar-refractivity contribution is 5.74. The van der Waals surface area contributed by atoms with Crippen LogP contribution in [0.5, 0.6) is 0 Å². The van der Waals surface area contributed by atoms with Crippen LogP contribution in [-0.2, 0) is 0 Å². The lowest BCUT2D eigenvalue weighted by atomic mass is 9.95. The summed E-state index contributed by atoms with van der Waals surface area (Å²) in [6.45, 7) is 7.08. The molecule has 3 aromatic carbocycles. The summed E-state index contributed by atoms with van der Waals surface area (Å²) in [5.74, 6) is -0.327. The lowest BCUT2D eigenvalue weighted by molar-refractivity contribution is 0.609. The first kappa shape index (κ1) is 16.4. The van der Waals surface area contributed by atoms with Gasteiger partial charge in [-0.1, -0.05) is 0 Å². The highest BCUT2D eigenvalue weighted by Crippen LogP contribution is 2.30. The molecule has 0 aliphatic carbocycles. The largest absolute Gasteiger partial charge is 0.206 e. The Morgan fingerprint density at radius 3 is 1.21 bits per heavy atom. The van der Waals surface area contributed by atoms with Crippen molar-refractivity contribution in [1.29, 1.82) is 0 Å². The Kier molecular flexibility index (Phi) is 4.23. The van der Waals surface area contributed by atoms with Gasteiger partial charge in [0, 0.05) is 0 Å². The molecule has 121 valence electrons. The topological polar surface area (TPSA) is 0 Å². The average Bonchev–Trinajstić information content (AvgIpc) is 2.56. The molecule has 0 amide bonds. The second-order valence-corrected chi connectivity index (χ2v) is 6.36. The summed E-state index contributed by atoms with van der Waals surface area (Å²) >= 11 is 0. The van der Waals surface area contributed by atoms with Crippen LogP contribution in [0.15, 0.2) is 42.5 Å². The van der Waals surface area contributed by atoms with Crippen molar-refractivity contribution in [2.45, 2.75) is 27.7 Å². The maximum Gasteiger partial charge on any atom is 0.129 e. The van der Waals surface area contributed by atoms with Gasteiger partial charge < -0.3 is 0 Å². The Labute approximate surface area is 141 Å². The maximum absolute atomic E-state index is 13.9. The van der Waals surface area contributed by atoms with Crippen molar-refractivity contribution < 1.29 is 8.78 Å². The molecule has 0 unspecified atom stereocenters. The van der Waals surface area contributed by atoms with Crippen LogP contribution in [0.2, 0.25) is 0 Å². The first-order chi connectivity index (χ1) is 11.4. The van der Waals surface area contributed by atoms with Crippen molar-refractivity contribution in [3.8, 4) is 22.3 Å². The molecule has 0 bridgehead atoms. The zero-order chi connectivity index (χ0) is 17.4. The highest BCUT2D eigenvalue weighted by Gasteiger charge is 2.09. The van der Waals surface area contributed by atoms with E-state index in [2.05, 4.69) is 6.07 Å². The minimum absolute atomic E-state index is 0.163. The monoisotopic (exact) mass is 321 g/mol. The lowest BCUT2D eigenvalue weighted by Crippen LogP contribution is -1.92. The van der Waals surface area contributed by atoms with Crippen LogP contribution < -0.4 is 0 Å². The lowest BCUT2D eigenvalue weighted by Gasteiger charge is -2.11. The Balaban J connectivity index is 2.10. The molecule has 2 heteroatoms. The van der Waals surface area contributed by atoms with E-state index in [1.165, 1.54) is 0 Å². The molecule has 0 nitrogen and oxygen atoms in total. The van der Waals surface area contributed by atoms with E-state index in [1.807, 2.05) is 42.5 Å². The summed E-state index contributed by atoms with van der Waals surface area (Å²) in [7, 11) is 0. The number of hydrogen-bond donors (Lipinski definition) is 0. The third-order valence-electron chi connectivity index (χ3n) is 4.33. The molecule has 0 atom stereocenters. The average molecular weight is 321 g/mol. The van der Waals surface area contributed by atoms with Crippen LogP contribution in [0.3, 0.4) is 0 Å². The minimum atomic E-state index is -0.163. The summed E-state index contributed by atoms with van der Waals surface area (Å²) in [6, 6.07) is 16.3. The summed E-state index contributed by atoms with van der Waals surface area (Å²) in [5, 5.41) is 0. The molecule has 3 aromatic rings. The summed E-state index contributed by atoms with van der Waals surface area (Å²) in [4.78, 5) is 0. The van der Waals surface area contributed by atoms with Crippen LogP contribution >= 0.6 is 0 Å². The number of hydrogen-bond acceptors (Lipinski definition) is 0. The molecule has 0 aromatic heterocycles. The first-order valence-corrected chi connectivity index (χ1v) is 7.92. The Morgan fingerprint density at radius 1 is 0.542 bits per heavy atom. The summed E-state index contributed by atoms with van der Waals surface area (Å²) in [5.41, 5.74) is 6.37. The number of halogens is 2. The number of aryl methyl sites for hydroxylation is 4. The first-order valence-electron chi connectivity index (χ1n) is 7.92. The molecule has 0 spiro atoms. The van der Waals surface area contributed by atoms with Crippen LogP contribution in [0.4, 0.5) is 8.78 Å². The third-order valence-corrected chi connectivity index (χ3v) is 4.33. The fraction of sp³-hybridized carbons (Fsp3) is 0.182. The van der Waals surface area contributed by atoms with Gasteiger partial charge >= 0.3 is 0 Å². The van der Waals surface area contributed by atoms with E-state index < -0.39 is 0 Å². The van der Waals surface area contributed by atoms with Crippen molar-refractivity contribution in [2.24, 2.45) is 0 Å². The normalized spacial score (nSPS) is 10.9. The van der Waals surface area contributed by atoms with Gasteiger partial charge in [-0.05, 0) is 121 Å². The molecule has 0 saturated carbocycles. The van der Waals surface area contributed by atoms with E-state index >= 15 is 0 Å². The smallest absolute Gasteiger partial charge is 0.129 e. The van der Waals surface area contributed by atoms with Crippen molar-refractivity contribution in [3.63, 3.8) is 0 Å². The van der Waals surface area contributed by atoms with Crippen LogP contribution in [0.1, 0.15) is 22.3 Å². The van der Waals surface area contributed by atoms with Crippen molar-refractivity contribution in [3.05, 3.63) is 82.4 Å². The van der Waals surface area contributed by atoms with Gasteiger partial charge in [0.05, 0.1) is 0 Å². The zero-order valence-corrected chi connectivity index (χ0v) is 14.3. The van der Waals surface area contributed by atoms with Gasteiger partial charge in [-0.15, -0.1) is 0 Å². The second-order valence-electron chi connectivity index (χ2n) is 6.36. The van der Waals surface area contributed by atoms with Gasteiger partial charge in [-0.3, -0.25) is 0 Å². The van der Waals surface area contributed by atoms with Gasteiger partial charge in [-0.25, -0.2) is 8.78 Å². The van der Waals surface area contributed by atoms with E-state index in [0.717, 1.165) is 22.3 Å². The molecule has 1 radical (unpaired) electrons. The Hall–Kier alpha value is -2.48. The van der Waals surface area contributed by atoms with E-state index in [-0.39, 0.29) is 11.6 Å². The molecule has 0 heterocycles. The molecule has 0 fully saturated rings. The zero-order valence-electron chi connectivity index (χ0n) is 14.3. The predicted octanol–water partition coefficient (Wildman–Crippen LogP) is 6.33. The van der Waals surface area contributed by atoms with Gasteiger partial charge in [0.15, 0.2) is 0 Å². The summed E-state index contributed by atoms with van der Waals surface area (Å²) in [6.07, 6.45) is 0. The molecule has 3 rings (SSSR count).